The standard InChI is InChI=1S/C8H19NO3/c1-5-9(11-4)7-8(10-3)12-6-2/h8H,5-7H2,1-4H3. The number of hydrogen-bond donors (Lipinski definition) is 0. The predicted octanol–water partition coefficient (Wildman–Crippen LogP) is 0.879. The molecule has 4 nitrogen and oxygen atoms in total. The molecule has 0 aromatic carbocycles. The SMILES string of the molecule is CCOC(CN(CC)OC)OC. The molecule has 12 heavy (non-hydrogen) atoms. The number of nitrogens with zero attached hydrogens (tertiary/aromatic N) is 1. The summed E-state index contributed by atoms with van der Waals surface area (Å²) in [6.45, 7) is 6.07. The monoisotopic (exact) mass is 177 g/mol. The Kier molecular flexibility index (Phi) is 7.39. The summed E-state index contributed by atoms with van der Waals surface area (Å²) in [5.41, 5.74) is 0. The molecule has 0 bridgehead atoms. The molecular formula is C8H19NO3. The molecule has 0 rings (SSSR count). The summed E-state index contributed by atoms with van der Waals surface area (Å²) in [7, 11) is 3.27. The summed E-state index contributed by atoms with van der Waals surface area (Å²) >= 11 is 0. The van der Waals surface area contributed by atoms with Crippen LogP contribution in [0.2, 0.25) is 0 Å². The molecule has 0 aromatic rings. The van der Waals surface area contributed by atoms with Crippen molar-refractivity contribution in [2.24, 2.45) is 0 Å². The van der Waals surface area contributed by atoms with E-state index in [1.54, 1.807) is 19.3 Å². The second-order valence-electron chi connectivity index (χ2n) is 2.28. The molecule has 0 aromatic heterocycles. The molecule has 0 saturated heterocycles. The van der Waals surface area contributed by atoms with Crippen LogP contribution in [0.25, 0.3) is 0 Å². The molecular weight excluding hydrogens is 158 g/mol. The second-order valence-corrected chi connectivity index (χ2v) is 2.28. The van der Waals surface area contributed by atoms with Crippen molar-refractivity contribution in [3.63, 3.8) is 0 Å². The maximum absolute atomic E-state index is 5.28. The van der Waals surface area contributed by atoms with E-state index in [-0.39, 0.29) is 6.29 Å². The number of hydrogen-bond acceptors (Lipinski definition) is 4. The van der Waals surface area contributed by atoms with Gasteiger partial charge in [0.25, 0.3) is 0 Å². The fourth-order valence-electron chi connectivity index (χ4n) is 0.880. The van der Waals surface area contributed by atoms with Crippen molar-refractivity contribution in [1.82, 2.24) is 5.06 Å². The highest BCUT2D eigenvalue weighted by Crippen LogP contribution is 1.97. The topological polar surface area (TPSA) is 30.9 Å². The zero-order valence-corrected chi connectivity index (χ0v) is 8.37. The van der Waals surface area contributed by atoms with Gasteiger partial charge in [-0.1, -0.05) is 6.92 Å². The lowest BCUT2D eigenvalue weighted by molar-refractivity contribution is -0.202. The average molecular weight is 177 g/mol. The van der Waals surface area contributed by atoms with E-state index in [1.165, 1.54) is 0 Å². The van der Waals surface area contributed by atoms with Gasteiger partial charge in [0.05, 0.1) is 13.7 Å². The summed E-state index contributed by atoms with van der Waals surface area (Å²) in [6, 6.07) is 0. The number of rotatable bonds is 7. The van der Waals surface area contributed by atoms with Crippen LogP contribution < -0.4 is 0 Å². The zero-order chi connectivity index (χ0) is 9.40. The lowest BCUT2D eigenvalue weighted by Crippen LogP contribution is -2.34. The minimum Gasteiger partial charge on any atom is -0.354 e. The van der Waals surface area contributed by atoms with Crippen molar-refractivity contribution in [3.05, 3.63) is 0 Å². The van der Waals surface area contributed by atoms with E-state index >= 15 is 0 Å². The van der Waals surface area contributed by atoms with Crippen LogP contribution in [0.4, 0.5) is 0 Å². The molecule has 0 fully saturated rings. The Morgan fingerprint density at radius 3 is 2.25 bits per heavy atom. The number of hydroxylamine groups is 2. The highest BCUT2D eigenvalue weighted by molar-refractivity contribution is 4.47. The summed E-state index contributed by atoms with van der Waals surface area (Å²) < 4.78 is 10.4. The lowest BCUT2D eigenvalue weighted by Gasteiger charge is -2.22. The Bertz CT molecular complexity index is 96.3. The third kappa shape index (κ3) is 4.66. The summed E-state index contributed by atoms with van der Waals surface area (Å²) in [5.74, 6) is 0. The van der Waals surface area contributed by atoms with Crippen LogP contribution in [-0.2, 0) is 14.3 Å². The van der Waals surface area contributed by atoms with Gasteiger partial charge in [0.1, 0.15) is 0 Å². The largest absolute Gasteiger partial charge is 0.354 e. The van der Waals surface area contributed by atoms with Gasteiger partial charge in [0, 0.05) is 20.3 Å². The molecule has 0 radical (unpaired) electrons. The Balaban J connectivity index is 3.65. The Morgan fingerprint density at radius 2 is 1.92 bits per heavy atom. The average Bonchev–Trinajstić information content (AvgIpc) is 2.12. The van der Waals surface area contributed by atoms with Gasteiger partial charge >= 0.3 is 0 Å². The lowest BCUT2D eigenvalue weighted by atomic mass is 10.5. The van der Waals surface area contributed by atoms with Gasteiger partial charge in [0.2, 0.25) is 0 Å². The van der Waals surface area contributed by atoms with Crippen molar-refractivity contribution in [2.75, 3.05) is 33.9 Å². The quantitative estimate of drug-likeness (QED) is 0.426. The van der Waals surface area contributed by atoms with E-state index in [4.69, 9.17) is 14.3 Å². The highest BCUT2D eigenvalue weighted by Gasteiger charge is 2.11. The Labute approximate surface area is 74.3 Å². The molecule has 74 valence electrons. The van der Waals surface area contributed by atoms with Crippen LogP contribution in [0.3, 0.4) is 0 Å². The maximum atomic E-state index is 5.28. The van der Waals surface area contributed by atoms with Crippen LogP contribution in [0.5, 0.6) is 0 Å². The molecule has 1 unspecified atom stereocenters. The molecule has 0 spiro atoms. The fraction of sp³-hybridized carbons (Fsp3) is 1.00. The highest BCUT2D eigenvalue weighted by atomic mass is 16.7. The van der Waals surface area contributed by atoms with Gasteiger partial charge in [-0.2, -0.15) is 5.06 Å². The van der Waals surface area contributed by atoms with E-state index in [2.05, 4.69) is 0 Å². The first-order valence-electron chi connectivity index (χ1n) is 4.21. The molecule has 0 saturated carbocycles. The summed E-state index contributed by atoms with van der Waals surface area (Å²) in [5, 5.41) is 1.78. The second kappa shape index (κ2) is 7.49. The van der Waals surface area contributed by atoms with Crippen molar-refractivity contribution in [3.8, 4) is 0 Å². The molecule has 0 aliphatic carbocycles. The molecule has 4 heteroatoms. The molecule has 0 aliphatic rings. The smallest absolute Gasteiger partial charge is 0.172 e. The van der Waals surface area contributed by atoms with E-state index in [9.17, 15) is 0 Å². The minimum absolute atomic E-state index is 0.199. The van der Waals surface area contributed by atoms with Gasteiger partial charge in [-0.05, 0) is 6.92 Å². The minimum atomic E-state index is -0.199. The first-order valence-corrected chi connectivity index (χ1v) is 4.21. The molecule has 0 heterocycles. The van der Waals surface area contributed by atoms with Crippen LogP contribution in [0, 0.1) is 0 Å². The van der Waals surface area contributed by atoms with Crippen LogP contribution in [0.1, 0.15) is 13.8 Å². The normalized spacial score (nSPS) is 13.8. The van der Waals surface area contributed by atoms with Crippen LogP contribution >= 0.6 is 0 Å². The van der Waals surface area contributed by atoms with E-state index in [0.717, 1.165) is 6.54 Å². The van der Waals surface area contributed by atoms with Gasteiger partial charge in [-0.25, -0.2) is 0 Å². The van der Waals surface area contributed by atoms with E-state index in [1.807, 2.05) is 13.8 Å². The fourth-order valence-corrected chi connectivity index (χ4v) is 0.880. The van der Waals surface area contributed by atoms with Gasteiger partial charge in [-0.3, -0.25) is 0 Å². The van der Waals surface area contributed by atoms with Gasteiger partial charge < -0.3 is 14.3 Å². The zero-order valence-electron chi connectivity index (χ0n) is 8.37. The third-order valence-corrected chi connectivity index (χ3v) is 1.58. The number of methoxy groups -OCH3 is 1. The molecule has 0 amide bonds. The van der Waals surface area contributed by atoms with Crippen molar-refractivity contribution in [2.45, 2.75) is 20.1 Å². The van der Waals surface area contributed by atoms with Gasteiger partial charge in [0.15, 0.2) is 6.29 Å². The predicted molar refractivity (Wildman–Crippen MR) is 46.7 cm³/mol. The Hall–Kier alpha value is -0.160. The van der Waals surface area contributed by atoms with Crippen molar-refractivity contribution >= 4 is 0 Å². The first-order chi connectivity index (χ1) is 5.78. The first kappa shape index (κ1) is 11.8. The summed E-state index contributed by atoms with van der Waals surface area (Å²) in [4.78, 5) is 5.05. The van der Waals surface area contributed by atoms with Crippen molar-refractivity contribution < 1.29 is 14.3 Å². The molecule has 1 atom stereocenters. The van der Waals surface area contributed by atoms with Gasteiger partial charge in [-0.15, -0.1) is 0 Å². The number of likely N-dealkylation sites (N-methyl/N-ethyl adjacent to an activating group) is 1. The van der Waals surface area contributed by atoms with E-state index in [0.29, 0.717) is 13.2 Å². The molecule has 0 aliphatic heterocycles. The molecule has 0 N–H and O–H groups in total. The van der Waals surface area contributed by atoms with Crippen LogP contribution in [-0.4, -0.2) is 45.3 Å². The van der Waals surface area contributed by atoms with Crippen molar-refractivity contribution in [1.29, 1.82) is 0 Å². The number of ether oxygens (including phenoxy) is 2. The Morgan fingerprint density at radius 1 is 1.25 bits per heavy atom. The van der Waals surface area contributed by atoms with Crippen LogP contribution in [0.15, 0.2) is 0 Å². The maximum Gasteiger partial charge on any atom is 0.172 e. The third-order valence-electron chi connectivity index (χ3n) is 1.58. The van der Waals surface area contributed by atoms with E-state index < -0.39 is 0 Å². The summed E-state index contributed by atoms with van der Waals surface area (Å²) in [6.07, 6.45) is -0.199.